The highest BCUT2D eigenvalue weighted by atomic mass is 16.6. The molecular formula is C16H15NO4. The fourth-order valence-electron chi connectivity index (χ4n) is 2.39. The van der Waals surface area contributed by atoms with Crippen molar-refractivity contribution in [3.63, 3.8) is 0 Å². The Morgan fingerprint density at radius 2 is 2.19 bits per heavy atom. The average molecular weight is 285 g/mol. The van der Waals surface area contributed by atoms with Gasteiger partial charge in [0, 0.05) is 11.1 Å². The van der Waals surface area contributed by atoms with E-state index in [1.54, 1.807) is 26.0 Å². The molecule has 1 aliphatic rings. The zero-order valence-corrected chi connectivity index (χ0v) is 11.8. The third kappa shape index (κ3) is 2.25. The van der Waals surface area contributed by atoms with Gasteiger partial charge in [-0.3, -0.25) is 4.98 Å². The first-order chi connectivity index (χ1) is 10.1. The molecule has 0 amide bonds. The molecule has 0 fully saturated rings. The van der Waals surface area contributed by atoms with E-state index in [0.717, 1.165) is 5.56 Å². The van der Waals surface area contributed by atoms with Gasteiger partial charge >= 0.3 is 5.97 Å². The minimum absolute atomic E-state index is 0.289. The lowest BCUT2D eigenvalue weighted by molar-refractivity contribution is -0.0217. The summed E-state index contributed by atoms with van der Waals surface area (Å²) >= 11 is 0. The Kier molecular flexibility index (Phi) is 3.35. The van der Waals surface area contributed by atoms with Gasteiger partial charge in [0.15, 0.2) is 0 Å². The molecule has 1 atom stereocenters. The van der Waals surface area contributed by atoms with Crippen LogP contribution >= 0.6 is 0 Å². The van der Waals surface area contributed by atoms with Crippen LogP contribution in [-0.2, 0) is 4.74 Å². The lowest BCUT2D eigenvalue weighted by atomic mass is 9.99. The zero-order chi connectivity index (χ0) is 15.0. The number of esters is 1. The molecule has 1 aromatic carbocycles. The first-order valence-corrected chi connectivity index (χ1v) is 6.74. The van der Waals surface area contributed by atoms with E-state index in [2.05, 4.69) is 4.98 Å². The summed E-state index contributed by atoms with van der Waals surface area (Å²) in [6, 6.07) is 8.95. The number of fused-ring (bicyclic) bond motifs is 3. The maximum absolute atomic E-state index is 11.9. The van der Waals surface area contributed by atoms with Gasteiger partial charge in [-0.25, -0.2) is 4.79 Å². The summed E-state index contributed by atoms with van der Waals surface area (Å²) in [5, 5.41) is 10.1. The number of ether oxygens (including phenoxy) is 2. The quantitative estimate of drug-likeness (QED) is 0.859. The van der Waals surface area contributed by atoms with E-state index < -0.39 is 12.3 Å². The Balaban J connectivity index is 2.16. The third-order valence-corrected chi connectivity index (χ3v) is 3.38. The molecule has 108 valence electrons. The number of rotatable bonds is 2. The number of hydrogen-bond donors (Lipinski definition) is 1. The van der Waals surface area contributed by atoms with Crippen LogP contribution in [0.15, 0.2) is 30.3 Å². The summed E-state index contributed by atoms with van der Waals surface area (Å²) < 4.78 is 10.5. The average Bonchev–Trinajstić information content (AvgIpc) is 2.47. The van der Waals surface area contributed by atoms with Crippen LogP contribution in [0.25, 0.3) is 11.3 Å². The number of aliphatic hydroxyl groups is 1. The highest BCUT2D eigenvalue weighted by Gasteiger charge is 2.28. The summed E-state index contributed by atoms with van der Waals surface area (Å²) in [7, 11) is 0. The number of carbonyl (C=O) groups is 1. The fraction of sp³-hybridized carbons (Fsp3) is 0.250. The molecule has 3 rings (SSSR count). The highest BCUT2D eigenvalue weighted by Crippen LogP contribution is 2.40. The number of hydrogen-bond acceptors (Lipinski definition) is 5. The van der Waals surface area contributed by atoms with Crippen LogP contribution < -0.4 is 4.74 Å². The van der Waals surface area contributed by atoms with Gasteiger partial charge in [0.05, 0.1) is 23.6 Å². The van der Waals surface area contributed by atoms with Gasteiger partial charge in [-0.15, -0.1) is 0 Å². The number of nitrogens with zero attached hydrogens (tertiary/aromatic N) is 1. The summed E-state index contributed by atoms with van der Waals surface area (Å²) in [6.45, 7) is 3.78. The Morgan fingerprint density at radius 3 is 2.95 bits per heavy atom. The van der Waals surface area contributed by atoms with E-state index >= 15 is 0 Å². The van der Waals surface area contributed by atoms with Crippen molar-refractivity contribution in [3.8, 4) is 17.0 Å². The van der Waals surface area contributed by atoms with Gasteiger partial charge in [-0.05, 0) is 32.0 Å². The molecule has 5 heteroatoms. The van der Waals surface area contributed by atoms with Crippen LogP contribution in [0.4, 0.5) is 0 Å². The standard InChI is InChI=1S/C16H15NO4/c1-3-20-15(18)11-8-12-14(17-9(11)2)10-6-4-5-7-13(10)21-16(12)19/h4-8,16,19H,3H2,1-2H3. The molecule has 1 aliphatic heterocycles. The van der Waals surface area contributed by atoms with Gasteiger partial charge < -0.3 is 14.6 Å². The number of carbonyl (C=O) groups excluding carboxylic acids is 1. The lowest BCUT2D eigenvalue weighted by Crippen LogP contribution is -2.17. The van der Waals surface area contributed by atoms with E-state index in [4.69, 9.17) is 9.47 Å². The second-order valence-electron chi connectivity index (χ2n) is 4.75. The van der Waals surface area contributed by atoms with Gasteiger partial charge in [0.1, 0.15) is 5.75 Å². The van der Waals surface area contributed by atoms with Crippen LogP contribution in [-0.4, -0.2) is 22.7 Å². The van der Waals surface area contributed by atoms with Crippen LogP contribution in [0.1, 0.15) is 34.8 Å². The van der Waals surface area contributed by atoms with Crippen molar-refractivity contribution in [1.29, 1.82) is 0 Å². The second kappa shape index (κ2) is 5.18. The smallest absolute Gasteiger partial charge is 0.339 e. The summed E-state index contributed by atoms with van der Waals surface area (Å²) in [5.74, 6) is 0.129. The van der Waals surface area contributed by atoms with E-state index in [1.807, 2.05) is 18.2 Å². The predicted octanol–water partition coefficient (Wildman–Crippen LogP) is 2.62. The zero-order valence-electron chi connectivity index (χ0n) is 11.8. The van der Waals surface area contributed by atoms with Crippen molar-refractivity contribution < 1.29 is 19.4 Å². The summed E-state index contributed by atoms with van der Waals surface area (Å²) in [6.07, 6.45) is -1.14. The molecule has 0 spiro atoms. The molecule has 5 nitrogen and oxygen atoms in total. The Morgan fingerprint density at radius 1 is 1.43 bits per heavy atom. The maximum atomic E-state index is 11.9. The first-order valence-electron chi connectivity index (χ1n) is 6.74. The second-order valence-corrected chi connectivity index (χ2v) is 4.75. The van der Waals surface area contributed by atoms with Crippen LogP contribution in [0.5, 0.6) is 5.75 Å². The monoisotopic (exact) mass is 285 g/mol. The lowest BCUT2D eigenvalue weighted by Gasteiger charge is -2.25. The Bertz CT molecular complexity index is 711. The van der Waals surface area contributed by atoms with Crippen molar-refractivity contribution in [3.05, 3.63) is 47.2 Å². The van der Waals surface area contributed by atoms with Crippen molar-refractivity contribution in [1.82, 2.24) is 4.98 Å². The van der Waals surface area contributed by atoms with E-state index in [0.29, 0.717) is 28.3 Å². The minimum Gasteiger partial charge on any atom is -0.462 e. The van der Waals surface area contributed by atoms with Crippen LogP contribution in [0.3, 0.4) is 0 Å². The SMILES string of the molecule is CCOC(=O)c1cc2c(nc1C)-c1ccccc1OC2O. The molecular weight excluding hydrogens is 270 g/mol. The number of pyridine rings is 1. The van der Waals surface area contributed by atoms with Gasteiger partial charge in [0.25, 0.3) is 0 Å². The topological polar surface area (TPSA) is 68.7 Å². The largest absolute Gasteiger partial charge is 0.462 e. The van der Waals surface area contributed by atoms with Gasteiger partial charge in [0.2, 0.25) is 6.29 Å². The van der Waals surface area contributed by atoms with E-state index in [9.17, 15) is 9.90 Å². The van der Waals surface area contributed by atoms with Crippen LogP contribution in [0, 0.1) is 6.92 Å². The normalized spacial score (nSPS) is 15.7. The van der Waals surface area contributed by atoms with Crippen molar-refractivity contribution in [2.45, 2.75) is 20.1 Å². The molecule has 1 N–H and O–H groups in total. The molecule has 2 heterocycles. The minimum atomic E-state index is -1.14. The Labute approximate surface area is 122 Å². The number of benzene rings is 1. The number of aromatic nitrogens is 1. The first kappa shape index (κ1) is 13.6. The summed E-state index contributed by atoms with van der Waals surface area (Å²) in [4.78, 5) is 16.4. The fourth-order valence-corrected chi connectivity index (χ4v) is 2.39. The van der Waals surface area contributed by atoms with Gasteiger partial charge in [-0.1, -0.05) is 12.1 Å². The number of aliphatic hydroxyl groups excluding tert-OH is 1. The highest BCUT2D eigenvalue weighted by molar-refractivity contribution is 5.91. The van der Waals surface area contributed by atoms with E-state index in [1.165, 1.54) is 0 Å². The molecule has 0 saturated carbocycles. The summed E-state index contributed by atoms with van der Waals surface area (Å²) in [5.41, 5.74) is 2.82. The van der Waals surface area contributed by atoms with E-state index in [-0.39, 0.29) is 6.61 Å². The van der Waals surface area contributed by atoms with Gasteiger partial charge in [-0.2, -0.15) is 0 Å². The van der Waals surface area contributed by atoms with Crippen molar-refractivity contribution in [2.75, 3.05) is 6.61 Å². The molecule has 0 saturated heterocycles. The molecule has 0 aliphatic carbocycles. The molecule has 21 heavy (non-hydrogen) atoms. The number of para-hydroxylation sites is 1. The van der Waals surface area contributed by atoms with Crippen LogP contribution in [0.2, 0.25) is 0 Å². The molecule has 0 bridgehead atoms. The maximum Gasteiger partial charge on any atom is 0.339 e. The third-order valence-electron chi connectivity index (χ3n) is 3.38. The van der Waals surface area contributed by atoms with Crippen molar-refractivity contribution >= 4 is 5.97 Å². The molecule has 0 radical (unpaired) electrons. The number of aryl methyl sites for hydroxylation is 1. The van der Waals surface area contributed by atoms with Crippen molar-refractivity contribution in [2.24, 2.45) is 0 Å². The Hall–Kier alpha value is -2.40. The molecule has 1 unspecified atom stereocenters. The molecule has 2 aromatic rings. The predicted molar refractivity (Wildman–Crippen MR) is 76.0 cm³/mol. The molecule has 1 aromatic heterocycles.